The SMILES string of the molecule is CN(C)S(=O)(=O)c1ccc(-c2nnc(C(=O)NCC3CCCCC3)o2)cc1. The van der Waals surface area contributed by atoms with E-state index in [9.17, 15) is 13.2 Å². The Labute approximate surface area is 159 Å². The molecule has 1 aromatic carbocycles. The number of hydrogen-bond donors (Lipinski definition) is 1. The van der Waals surface area contributed by atoms with Crippen LogP contribution in [-0.4, -0.2) is 49.5 Å². The molecule has 0 saturated heterocycles. The maximum absolute atomic E-state index is 12.2. The number of carbonyl (C=O) groups excluding carboxylic acids is 1. The van der Waals surface area contributed by atoms with E-state index in [4.69, 9.17) is 4.42 Å². The molecule has 1 amide bonds. The van der Waals surface area contributed by atoms with E-state index in [0.29, 0.717) is 18.0 Å². The molecule has 1 saturated carbocycles. The van der Waals surface area contributed by atoms with Crippen LogP contribution >= 0.6 is 0 Å². The molecule has 1 aliphatic carbocycles. The fraction of sp³-hybridized carbons (Fsp3) is 0.500. The molecule has 3 rings (SSSR count). The number of nitrogens with one attached hydrogen (secondary N) is 1. The van der Waals surface area contributed by atoms with Crippen molar-refractivity contribution in [1.82, 2.24) is 19.8 Å². The summed E-state index contributed by atoms with van der Waals surface area (Å²) < 4.78 is 30.8. The van der Waals surface area contributed by atoms with Crippen molar-refractivity contribution in [1.29, 1.82) is 0 Å². The zero-order valence-electron chi connectivity index (χ0n) is 15.5. The van der Waals surface area contributed by atoms with Gasteiger partial charge < -0.3 is 9.73 Å². The highest BCUT2D eigenvalue weighted by Gasteiger charge is 2.20. The molecule has 8 nitrogen and oxygen atoms in total. The molecule has 9 heteroatoms. The number of aromatic nitrogens is 2. The van der Waals surface area contributed by atoms with Gasteiger partial charge in [0.2, 0.25) is 15.9 Å². The number of nitrogens with zero attached hydrogens (tertiary/aromatic N) is 3. The van der Waals surface area contributed by atoms with E-state index in [2.05, 4.69) is 15.5 Å². The smallest absolute Gasteiger partial charge is 0.308 e. The van der Waals surface area contributed by atoms with E-state index >= 15 is 0 Å². The van der Waals surface area contributed by atoms with Gasteiger partial charge in [0.05, 0.1) is 4.90 Å². The largest absolute Gasteiger partial charge is 0.412 e. The van der Waals surface area contributed by atoms with Gasteiger partial charge in [-0.15, -0.1) is 10.2 Å². The van der Waals surface area contributed by atoms with Crippen LogP contribution in [0.2, 0.25) is 0 Å². The topological polar surface area (TPSA) is 105 Å². The summed E-state index contributed by atoms with van der Waals surface area (Å²) in [5.41, 5.74) is 0.548. The van der Waals surface area contributed by atoms with Crippen molar-refractivity contribution < 1.29 is 17.6 Å². The second-order valence-corrected chi connectivity index (χ2v) is 9.09. The number of rotatable bonds is 6. The van der Waals surface area contributed by atoms with Crippen LogP contribution in [0.25, 0.3) is 11.5 Å². The second kappa shape index (κ2) is 8.18. The van der Waals surface area contributed by atoms with Gasteiger partial charge >= 0.3 is 11.8 Å². The van der Waals surface area contributed by atoms with Gasteiger partial charge in [0, 0.05) is 26.2 Å². The third-order valence-electron chi connectivity index (χ3n) is 4.78. The zero-order chi connectivity index (χ0) is 19.4. The first-order chi connectivity index (χ1) is 12.9. The lowest BCUT2D eigenvalue weighted by Crippen LogP contribution is -2.30. The minimum absolute atomic E-state index is 0.0919. The quantitative estimate of drug-likeness (QED) is 0.809. The average Bonchev–Trinajstić information content (AvgIpc) is 3.17. The Morgan fingerprint density at radius 1 is 1.15 bits per heavy atom. The Hall–Kier alpha value is -2.26. The van der Waals surface area contributed by atoms with Crippen LogP contribution in [0.1, 0.15) is 42.8 Å². The highest BCUT2D eigenvalue weighted by Crippen LogP contribution is 2.23. The molecule has 0 bridgehead atoms. The van der Waals surface area contributed by atoms with Crippen molar-refractivity contribution in [3.63, 3.8) is 0 Å². The predicted octanol–water partition coefficient (Wildman–Crippen LogP) is 2.30. The standard InChI is InChI=1S/C18H24N4O4S/c1-22(2)27(24,25)15-10-8-14(9-11-15)17-20-21-18(26-17)16(23)19-12-13-6-4-3-5-7-13/h8-11,13H,3-7,12H2,1-2H3,(H,19,23). The maximum atomic E-state index is 12.2. The third-order valence-corrected chi connectivity index (χ3v) is 6.60. The third kappa shape index (κ3) is 4.54. The van der Waals surface area contributed by atoms with Crippen LogP contribution < -0.4 is 5.32 Å². The molecule has 1 N–H and O–H groups in total. The lowest BCUT2D eigenvalue weighted by atomic mass is 9.89. The van der Waals surface area contributed by atoms with Crippen molar-refractivity contribution in [2.24, 2.45) is 5.92 Å². The van der Waals surface area contributed by atoms with E-state index in [1.165, 1.54) is 45.5 Å². The van der Waals surface area contributed by atoms with E-state index in [1.807, 2.05) is 0 Å². The van der Waals surface area contributed by atoms with E-state index in [0.717, 1.165) is 17.1 Å². The Bertz CT molecular complexity index is 884. The highest BCUT2D eigenvalue weighted by atomic mass is 32.2. The minimum Gasteiger partial charge on any atom is -0.412 e. The summed E-state index contributed by atoms with van der Waals surface area (Å²) in [5.74, 6) is 0.208. The van der Waals surface area contributed by atoms with Gasteiger partial charge in [0.25, 0.3) is 0 Å². The fourth-order valence-electron chi connectivity index (χ4n) is 3.12. The number of benzene rings is 1. The van der Waals surface area contributed by atoms with Gasteiger partial charge in [-0.3, -0.25) is 4.79 Å². The summed E-state index contributed by atoms with van der Waals surface area (Å²) in [6.45, 7) is 0.619. The molecule has 0 atom stereocenters. The molecule has 1 aromatic heterocycles. The first-order valence-corrected chi connectivity index (χ1v) is 10.5. The van der Waals surface area contributed by atoms with Crippen molar-refractivity contribution in [2.45, 2.75) is 37.0 Å². The summed E-state index contributed by atoms with van der Waals surface area (Å²) in [5, 5.41) is 10.5. The molecule has 2 aromatic rings. The van der Waals surface area contributed by atoms with Crippen molar-refractivity contribution in [2.75, 3.05) is 20.6 Å². The van der Waals surface area contributed by atoms with E-state index in [1.54, 1.807) is 12.1 Å². The molecule has 146 valence electrons. The molecule has 1 aliphatic rings. The molecule has 27 heavy (non-hydrogen) atoms. The fourth-order valence-corrected chi connectivity index (χ4v) is 4.02. The van der Waals surface area contributed by atoms with E-state index in [-0.39, 0.29) is 22.6 Å². The summed E-state index contributed by atoms with van der Waals surface area (Å²) in [7, 11) is -0.556. The van der Waals surface area contributed by atoms with E-state index < -0.39 is 10.0 Å². The molecule has 0 radical (unpaired) electrons. The first kappa shape index (κ1) is 19.5. The Balaban J connectivity index is 1.65. The summed E-state index contributed by atoms with van der Waals surface area (Å²) >= 11 is 0. The molecule has 0 unspecified atom stereocenters. The first-order valence-electron chi connectivity index (χ1n) is 9.02. The van der Waals surface area contributed by atoms with Gasteiger partial charge in [0.1, 0.15) is 0 Å². The number of sulfonamides is 1. The van der Waals surface area contributed by atoms with Gasteiger partial charge in [-0.25, -0.2) is 12.7 Å². The number of carbonyl (C=O) groups is 1. The molecule has 1 fully saturated rings. The lowest BCUT2D eigenvalue weighted by Gasteiger charge is -2.21. The summed E-state index contributed by atoms with van der Waals surface area (Å²) in [6, 6.07) is 6.09. The van der Waals surface area contributed by atoms with Crippen LogP contribution in [0.4, 0.5) is 0 Å². The lowest BCUT2D eigenvalue weighted by molar-refractivity contribution is 0.0909. The average molecular weight is 392 g/mol. The highest BCUT2D eigenvalue weighted by molar-refractivity contribution is 7.89. The monoisotopic (exact) mass is 392 g/mol. The van der Waals surface area contributed by atoms with Crippen molar-refractivity contribution in [3.8, 4) is 11.5 Å². The summed E-state index contributed by atoms with van der Waals surface area (Å²) in [6.07, 6.45) is 5.97. The van der Waals surface area contributed by atoms with Gasteiger partial charge in [-0.2, -0.15) is 0 Å². The molecular formula is C18H24N4O4S. The van der Waals surface area contributed by atoms with Crippen LogP contribution in [0, 0.1) is 5.92 Å². The number of hydrogen-bond acceptors (Lipinski definition) is 6. The maximum Gasteiger partial charge on any atom is 0.308 e. The molecule has 1 heterocycles. The van der Waals surface area contributed by atoms with Crippen molar-refractivity contribution >= 4 is 15.9 Å². The van der Waals surface area contributed by atoms with Gasteiger partial charge in [-0.1, -0.05) is 19.3 Å². The van der Waals surface area contributed by atoms with Gasteiger partial charge in [-0.05, 0) is 43.0 Å². The Morgan fingerprint density at radius 2 is 1.81 bits per heavy atom. The van der Waals surface area contributed by atoms with Crippen LogP contribution in [-0.2, 0) is 10.0 Å². The van der Waals surface area contributed by atoms with Crippen LogP contribution in [0.3, 0.4) is 0 Å². The Kier molecular flexibility index (Phi) is 5.91. The zero-order valence-corrected chi connectivity index (χ0v) is 16.3. The van der Waals surface area contributed by atoms with Crippen LogP contribution in [0.15, 0.2) is 33.6 Å². The predicted molar refractivity (Wildman–Crippen MR) is 99.5 cm³/mol. The minimum atomic E-state index is -3.50. The van der Waals surface area contributed by atoms with Crippen LogP contribution in [0.5, 0.6) is 0 Å². The van der Waals surface area contributed by atoms with Crippen molar-refractivity contribution in [3.05, 3.63) is 30.2 Å². The number of amides is 1. The van der Waals surface area contributed by atoms with Gasteiger partial charge in [0.15, 0.2) is 0 Å². The molecule has 0 aliphatic heterocycles. The molecule has 0 spiro atoms. The second-order valence-electron chi connectivity index (χ2n) is 6.94. The normalized spacial score (nSPS) is 15.8. The Morgan fingerprint density at radius 3 is 2.44 bits per heavy atom. The summed E-state index contributed by atoms with van der Waals surface area (Å²) in [4.78, 5) is 12.4. The molecular weight excluding hydrogens is 368 g/mol.